The van der Waals surface area contributed by atoms with Crippen LogP contribution in [0.25, 0.3) is 0 Å². The Hall–Kier alpha value is -0.900. The Morgan fingerprint density at radius 2 is 2.22 bits per heavy atom. The first-order valence-corrected chi connectivity index (χ1v) is 2.56. The SMILES string of the molecule is O=C1CC(=O)C(O)CO1. The molecule has 0 aromatic heterocycles. The van der Waals surface area contributed by atoms with E-state index in [1.54, 1.807) is 0 Å². The largest absolute Gasteiger partial charge is 0.462 e. The van der Waals surface area contributed by atoms with Crippen molar-refractivity contribution in [3.63, 3.8) is 0 Å². The highest BCUT2D eigenvalue weighted by Gasteiger charge is 2.25. The predicted octanol–water partition coefficient (Wildman–Crippen LogP) is -1.14. The molecule has 1 N–H and O–H groups in total. The van der Waals surface area contributed by atoms with Crippen molar-refractivity contribution in [2.75, 3.05) is 6.61 Å². The lowest BCUT2D eigenvalue weighted by Gasteiger charge is -2.14. The van der Waals surface area contributed by atoms with Gasteiger partial charge in [0.2, 0.25) is 0 Å². The summed E-state index contributed by atoms with van der Waals surface area (Å²) in [6, 6.07) is 0. The molecule has 1 atom stereocenters. The van der Waals surface area contributed by atoms with Crippen molar-refractivity contribution in [3.8, 4) is 0 Å². The van der Waals surface area contributed by atoms with Crippen molar-refractivity contribution in [1.29, 1.82) is 0 Å². The summed E-state index contributed by atoms with van der Waals surface area (Å²) in [7, 11) is 0. The third-order valence-electron chi connectivity index (χ3n) is 1.09. The maximum Gasteiger partial charge on any atom is 0.313 e. The van der Waals surface area contributed by atoms with Crippen LogP contribution in [0.15, 0.2) is 0 Å². The molecule has 1 fully saturated rings. The van der Waals surface area contributed by atoms with Gasteiger partial charge in [-0.2, -0.15) is 0 Å². The van der Waals surface area contributed by atoms with Crippen LogP contribution in [0.4, 0.5) is 0 Å². The molecule has 4 heteroatoms. The smallest absolute Gasteiger partial charge is 0.313 e. The summed E-state index contributed by atoms with van der Waals surface area (Å²) < 4.78 is 4.35. The van der Waals surface area contributed by atoms with E-state index in [9.17, 15) is 9.59 Å². The summed E-state index contributed by atoms with van der Waals surface area (Å²) in [6.45, 7) is -0.183. The molecule has 0 bridgehead atoms. The average Bonchev–Trinajstić information content (AvgIpc) is 1.80. The molecule has 1 heterocycles. The lowest BCUT2D eigenvalue weighted by atomic mass is 10.1. The van der Waals surface area contributed by atoms with E-state index in [4.69, 9.17) is 5.11 Å². The van der Waals surface area contributed by atoms with Gasteiger partial charge in [0.05, 0.1) is 0 Å². The van der Waals surface area contributed by atoms with Gasteiger partial charge in [0.1, 0.15) is 19.1 Å². The number of esters is 1. The van der Waals surface area contributed by atoms with Crippen molar-refractivity contribution in [2.45, 2.75) is 12.5 Å². The molecule has 1 unspecified atom stereocenters. The normalized spacial score (nSPS) is 27.9. The quantitative estimate of drug-likeness (QED) is 0.332. The monoisotopic (exact) mass is 130 g/mol. The van der Waals surface area contributed by atoms with E-state index >= 15 is 0 Å². The van der Waals surface area contributed by atoms with Gasteiger partial charge in [0, 0.05) is 0 Å². The molecule has 0 aromatic rings. The van der Waals surface area contributed by atoms with Crippen molar-refractivity contribution in [2.24, 2.45) is 0 Å². The topological polar surface area (TPSA) is 63.6 Å². The van der Waals surface area contributed by atoms with Crippen LogP contribution in [-0.4, -0.2) is 29.6 Å². The van der Waals surface area contributed by atoms with Crippen LogP contribution in [-0.2, 0) is 14.3 Å². The summed E-state index contributed by atoms with van der Waals surface area (Å²) >= 11 is 0. The maximum atomic E-state index is 10.5. The Morgan fingerprint density at radius 1 is 1.56 bits per heavy atom. The predicted molar refractivity (Wildman–Crippen MR) is 26.6 cm³/mol. The van der Waals surface area contributed by atoms with Crippen molar-refractivity contribution < 1.29 is 19.4 Å². The Morgan fingerprint density at radius 3 is 2.67 bits per heavy atom. The van der Waals surface area contributed by atoms with Gasteiger partial charge in [-0.25, -0.2) is 0 Å². The molecule has 1 rings (SSSR count). The van der Waals surface area contributed by atoms with Crippen molar-refractivity contribution in [3.05, 3.63) is 0 Å². The van der Waals surface area contributed by atoms with Gasteiger partial charge < -0.3 is 9.84 Å². The van der Waals surface area contributed by atoms with Gasteiger partial charge in [0.25, 0.3) is 0 Å². The van der Waals surface area contributed by atoms with E-state index in [-0.39, 0.29) is 13.0 Å². The summed E-state index contributed by atoms with van der Waals surface area (Å²) in [4.78, 5) is 20.7. The second-order valence-corrected chi connectivity index (χ2v) is 1.84. The number of carbonyl (C=O) groups is 2. The molecule has 0 aromatic carbocycles. The standard InChI is InChI=1S/C5H6O4/c6-3-1-5(8)9-2-4(3)7/h4,7H,1-2H2. The van der Waals surface area contributed by atoms with E-state index in [0.29, 0.717) is 0 Å². The molecular formula is C5H6O4. The Balaban J connectivity index is 2.54. The minimum atomic E-state index is -1.09. The fraction of sp³-hybridized carbons (Fsp3) is 0.600. The fourth-order valence-corrected chi connectivity index (χ4v) is 0.576. The minimum Gasteiger partial charge on any atom is -0.462 e. The molecule has 0 radical (unpaired) electrons. The zero-order valence-corrected chi connectivity index (χ0v) is 4.66. The van der Waals surface area contributed by atoms with E-state index in [2.05, 4.69) is 4.74 Å². The van der Waals surface area contributed by atoms with Gasteiger partial charge in [-0.15, -0.1) is 0 Å². The number of hydrogen-bond acceptors (Lipinski definition) is 4. The molecule has 9 heavy (non-hydrogen) atoms. The molecule has 1 aliphatic rings. The van der Waals surface area contributed by atoms with Crippen LogP contribution >= 0.6 is 0 Å². The summed E-state index contributed by atoms with van der Waals surface area (Å²) in [5.74, 6) is -1.00. The molecule has 4 nitrogen and oxygen atoms in total. The molecule has 0 amide bonds. The zero-order chi connectivity index (χ0) is 6.85. The van der Waals surface area contributed by atoms with Crippen LogP contribution in [0, 0.1) is 0 Å². The molecule has 50 valence electrons. The van der Waals surface area contributed by atoms with Crippen molar-refractivity contribution in [1.82, 2.24) is 0 Å². The van der Waals surface area contributed by atoms with E-state index in [1.165, 1.54) is 0 Å². The highest BCUT2D eigenvalue weighted by molar-refractivity contribution is 5.99. The average molecular weight is 130 g/mol. The lowest BCUT2D eigenvalue weighted by Crippen LogP contribution is -2.34. The van der Waals surface area contributed by atoms with Gasteiger partial charge in [-0.3, -0.25) is 9.59 Å². The number of aliphatic hydroxyl groups is 1. The number of ketones is 1. The van der Waals surface area contributed by atoms with Crippen LogP contribution in [0.1, 0.15) is 6.42 Å². The molecule has 0 spiro atoms. The summed E-state index contributed by atoms with van der Waals surface area (Å²) in [5, 5.41) is 8.67. The minimum absolute atomic E-state index is 0.183. The third kappa shape index (κ3) is 1.26. The number of Topliss-reactive ketones (excluding diaryl/α,β-unsaturated/α-hetero) is 1. The molecule has 0 aliphatic carbocycles. The highest BCUT2D eigenvalue weighted by Crippen LogP contribution is 2.02. The third-order valence-corrected chi connectivity index (χ3v) is 1.09. The van der Waals surface area contributed by atoms with Crippen LogP contribution in [0.2, 0.25) is 0 Å². The molecule has 1 saturated heterocycles. The maximum absolute atomic E-state index is 10.5. The van der Waals surface area contributed by atoms with Crippen LogP contribution < -0.4 is 0 Å². The number of carbonyl (C=O) groups excluding carboxylic acids is 2. The highest BCUT2D eigenvalue weighted by atomic mass is 16.5. The Bertz CT molecular complexity index is 151. The number of cyclic esters (lactones) is 1. The summed E-state index contributed by atoms with van der Waals surface area (Å²) in [5.41, 5.74) is 0. The number of aliphatic hydroxyl groups excluding tert-OH is 1. The van der Waals surface area contributed by atoms with E-state index < -0.39 is 17.9 Å². The second kappa shape index (κ2) is 2.14. The Kier molecular flexibility index (Phi) is 1.48. The second-order valence-electron chi connectivity index (χ2n) is 1.84. The summed E-state index contributed by atoms with van der Waals surface area (Å²) in [6.07, 6.45) is -1.39. The van der Waals surface area contributed by atoms with Gasteiger partial charge in [0.15, 0.2) is 5.78 Å². The van der Waals surface area contributed by atoms with Crippen LogP contribution in [0.5, 0.6) is 0 Å². The number of hydrogen-bond donors (Lipinski definition) is 1. The number of rotatable bonds is 0. The molecule has 0 saturated carbocycles. The van der Waals surface area contributed by atoms with Gasteiger partial charge >= 0.3 is 5.97 Å². The van der Waals surface area contributed by atoms with Gasteiger partial charge in [-0.1, -0.05) is 0 Å². The van der Waals surface area contributed by atoms with E-state index in [0.717, 1.165) is 0 Å². The fourth-order valence-electron chi connectivity index (χ4n) is 0.576. The first kappa shape index (κ1) is 6.22. The first-order valence-electron chi connectivity index (χ1n) is 2.56. The zero-order valence-electron chi connectivity index (χ0n) is 4.66. The number of ether oxygens (including phenoxy) is 1. The molecule has 1 aliphatic heterocycles. The van der Waals surface area contributed by atoms with Crippen molar-refractivity contribution >= 4 is 11.8 Å². The van der Waals surface area contributed by atoms with Gasteiger partial charge in [-0.05, 0) is 0 Å². The molecular weight excluding hydrogens is 124 g/mol. The van der Waals surface area contributed by atoms with Crippen LogP contribution in [0.3, 0.4) is 0 Å². The van der Waals surface area contributed by atoms with E-state index in [1.807, 2.05) is 0 Å². The first-order chi connectivity index (χ1) is 4.20. The lowest BCUT2D eigenvalue weighted by molar-refractivity contribution is -0.158. The Labute approximate surface area is 51.4 Å².